The van der Waals surface area contributed by atoms with Gasteiger partial charge in [-0.05, 0) is 18.8 Å². The highest BCUT2D eigenvalue weighted by atomic mass is 16.6. The minimum atomic E-state index is -0.911. The summed E-state index contributed by atoms with van der Waals surface area (Å²) in [6.07, 6.45) is 0. The third-order valence-electron chi connectivity index (χ3n) is 3.17. The first-order chi connectivity index (χ1) is 4.95. The first-order valence-electron chi connectivity index (χ1n) is 4.31. The van der Waals surface area contributed by atoms with Crippen LogP contribution in [0.1, 0.15) is 27.7 Å². The molecule has 0 aliphatic carbocycles. The molecule has 0 bridgehead atoms. The number of rotatable bonds is 0. The van der Waals surface area contributed by atoms with Gasteiger partial charge in [0, 0.05) is 5.92 Å². The van der Waals surface area contributed by atoms with E-state index in [-0.39, 0.29) is 5.92 Å². The van der Waals surface area contributed by atoms with Crippen molar-refractivity contribution in [2.75, 3.05) is 6.61 Å². The molecule has 2 heteroatoms. The molecular weight excluding hydrogens is 140 g/mol. The highest BCUT2D eigenvalue weighted by Crippen LogP contribution is 2.35. The van der Waals surface area contributed by atoms with Crippen molar-refractivity contribution in [1.82, 2.24) is 0 Å². The molecule has 11 heavy (non-hydrogen) atoms. The summed E-state index contributed by atoms with van der Waals surface area (Å²) in [7, 11) is 0. The largest absolute Gasteiger partial charge is 0.365 e. The van der Waals surface area contributed by atoms with Gasteiger partial charge in [0.15, 0.2) is 5.79 Å². The van der Waals surface area contributed by atoms with Crippen molar-refractivity contribution < 1.29 is 9.84 Å². The first kappa shape index (κ1) is 9.01. The van der Waals surface area contributed by atoms with Gasteiger partial charge in [-0.3, -0.25) is 0 Å². The highest BCUT2D eigenvalue weighted by Gasteiger charge is 2.39. The Morgan fingerprint density at radius 1 is 1.36 bits per heavy atom. The molecule has 66 valence electrons. The molecule has 1 aliphatic heterocycles. The topological polar surface area (TPSA) is 29.5 Å². The van der Waals surface area contributed by atoms with E-state index in [4.69, 9.17) is 4.74 Å². The van der Waals surface area contributed by atoms with Crippen LogP contribution in [-0.2, 0) is 4.74 Å². The average Bonchev–Trinajstić information content (AvgIpc) is 1.95. The minimum absolute atomic E-state index is 0.228. The van der Waals surface area contributed by atoms with Crippen LogP contribution in [0.15, 0.2) is 0 Å². The van der Waals surface area contributed by atoms with E-state index in [0.29, 0.717) is 18.4 Å². The molecule has 1 heterocycles. The zero-order chi connectivity index (χ0) is 8.65. The van der Waals surface area contributed by atoms with Gasteiger partial charge in [0.05, 0.1) is 6.61 Å². The van der Waals surface area contributed by atoms with Crippen LogP contribution in [-0.4, -0.2) is 17.5 Å². The van der Waals surface area contributed by atoms with Gasteiger partial charge in [-0.1, -0.05) is 20.8 Å². The lowest BCUT2D eigenvalue weighted by Gasteiger charge is -2.42. The molecule has 0 amide bonds. The van der Waals surface area contributed by atoms with E-state index in [1.807, 2.05) is 6.92 Å². The van der Waals surface area contributed by atoms with Gasteiger partial charge in [-0.15, -0.1) is 0 Å². The number of ether oxygens (including phenoxy) is 1. The van der Waals surface area contributed by atoms with E-state index in [1.54, 1.807) is 6.92 Å². The van der Waals surface area contributed by atoms with Crippen molar-refractivity contribution in [1.29, 1.82) is 0 Å². The van der Waals surface area contributed by atoms with E-state index in [0.717, 1.165) is 0 Å². The molecule has 0 aromatic rings. The van der Waals surface area contributed by atoms with Crippen molar-refractivity contribution in [2.45, 2.75) is 33.5 Å². The van der Waals surface area contributed by atoms with E-state index >= 15 is 0 Å². The van der Waals surface area contributed by atoms with Crippen molar-refractivity contribution >= 4 is 0 Å². The second-order valence-electron chi connectivity index (χ2n) is 3.99. The molecule has 0 spiro atoms. The highest BCUT2D eigenvalue weighted by molar-refractivity contribution is 4.81. The van der Waals surface area contributed by atoms with Gasteiger partial charge in [0.1, 0.15) is 0 Å². The molecule has 4 atom stereocenters. The normalized spacial score (nSPS) is 52.6. The zero-order valence-electron chi connectivity index (χ0n) is 7.79. The maximum Gasteiger partial charge on any atom is 0.165 e. The summed E-state index contributed by atoms with van der Waals surface area (Å²) in [4.78, 5) is 0. The Bertz CT molecular complexity index is 142. The fourth-order valence-electron chi connectivity index (χ4n) is 1.56. The van der Waals surface area contributed by atoms with Gasteiger partial charge in [0.2, 0.25) is 0 Å². The SMILES string of the molecule is CC1CO[C@@](C)(O)C(C)[C@@H]1C. The summed E-state index contributed by atoms with van der Waals surface area (Å²) in [5, 5.41) is 9.71. The molecular formula is C9H18O2. The Hall–Kier alpha value is -0.0800. The van der Waals surface area contributed by atoms with Crippen LogP contribution >= 0.6 is 0 Å². The van der Waals surface area contributed by atoms with E-state index in [2.05, 4.69) is 13.8 Å². The molecule has 1 rings (SSSR count). The predicted octanol–water partition coefficient (Wildman–Crippen LogP) is 1.63. The van der Waals surface area contributed by atoms with Crippen LogP contribution in [0.5, 0.6) is 0 Å². The Kier molecular flexibility index (Phi) is 2.26. The van der Waals surface area contributed by atoms with E-state index < -0.39 is 5.79 Å². The van der Waals surface area contributed by atoms with E-state index in [1.165, 1.54) is 0 Å². The molecule has 0 radical (unpaired) electrons. The fraction of sp³-hybridized carbons (Fsp3) is 1.00. The molecule has 2 nitrogen and oxygen atoms in total. The van der Waals surface area contributed by atoms with Crippen LogP contribution in [0, 0.1) is 17.8 Å². The van der Waals surface area contributed by atoms with Gasteiger partial charge >= 0.3 is 0 Å². The molecule has 0 aromatic heterocycles. The van der Waals surface area contributed by atoms with Crippen molar-refractivity contribution in [3.05, 3.63) is 0 Å². The predicted molar refractivity (Wildman–Crippen MR) is 44.1 cm³/mol. The van der Waals surface area contributed by atoms with Gasteiger partial charge in [-0.25, -0.2) is 0 Å². The molecule has 1 saturated heterocycles. The summed E-state index contributed by atoms with van der Waals surface area (Å²) >= 11 is 0. The number of hydrogen-bond acceptors (Lipinski definition) is 2. The number of aliphatic hydroxyl groups is 1. The molecule has 1 N–H and O–H groups in total. The smallest absolute Gasteiger partial charge is 0.165 e. The van der Waals surface area contributed by atoms with Gasteiger partial charge in [-0.2, -0.15) is 0 Å². The van der Waals surface area contributed by atoms with Crippen molar-refractivity contribution in [2.24, 2.45) is 17.8 Å². The van der Waals surface area contributed by atoms with Crippen LogP contribution in [0.3, 0.4) is 0 Å². The van der Waals surface area contributed by atoms with Crippen LogP contribution in [0.2, 0.25) is 0 Å². The summed E-state index contributed by atoms with van der Waals surface area (Å²) in [6, 6.07) is 0. The zero-order valence-corrected chi connectivity index (χ0v) is 7.79. The number of hydrogen-bond donors (Lipinski definition) is 1. The standard InChI is InChI=1S/C9H18O2/c1-6-5-11-9(4,10)8(3)7(6)2/h6-8,10H,5H2,1-4H3/t6?,7-,8?,9-/m1/s1. The van der Waals surface area contributed by atoms with Crippen LogP contribution in [0.25, 0.3) is 0 Å². The van der Waals surface area contributed by atoms with Crippen molar-refractivity contribution in [3.63, 3.8) is 0 Å². The molecule has 0 saturated carbocycles. The van der Waals surface area contributed by atoms with Crippen LogP contribution in [0.4, 0.5) is 0 Å². The Morgan fingerprint density at radius 2 is 1.91 bits per heavy atom. The Morgan fingerprint density at radius 3 is 2.36 bits per heavy atom. The maximum absolute atomic E-state index is 9.71. The first-order valence-corrected chi connectivity index (χ1v) is 4.31. The fourth-order valence-corrected chi connectivity index (χ4v) is 1.56. The lowest BCUT2D eigenvalue weighted by molar-refractivity contribution is -0.266. The van der Waals surface area contributed by atoms with Crippen molar-refractivity contribution in [3.8, 4) is 0 Å². The Labute approximate surface area is 68.6 Å². The van der Waals surface area contributed by atoms with Crippen LogP contribution < -0.4 is 0 Å². The lowest BCUT2D eigenvalue weighted by Crippen LogP contribution is -2.47. The monoisotopic (exact) mass is 158 g/mol. The molecule has 0 aromatic carbocycles. The molecule has 1 fully saturated rings. The minimum Gasteiger partial charge on any atom is -0.365 e. The third kappa shape index (κ3) is 1.57. The Balaban J connectivity index is 2.67. The second kappa shape index (κ2) is 2.76. The average molecular weight is 158 g/mol. The quantitative estimate of drug-likeness (QED) is 0.580. The summed E-state index contributed by atoms with van der Waals surface area (Å²) < 4.78 is 5.32. The summed E-state index contributed by atoms with van der Waals surface area (Å²) in [5.41, 5.74) is 0. The second-order valence-corrected chi connectivity index (χ2v) is 3.99. The third-order valence-corrected chi connectivity index (χ3v) is 3.17. The molecule has 2 unspecified atom stereocenters. The lowest BCUT2D eigenvalue weighted by atomic mass is 9.79. The summed E-state index contributed by atoms with van der Waals surface area (Å²) in [5.74, 6) is 0.418. The van der Waals surface area contributed by atoms with Gasteiger partial charge < -0.3 is 9.84 Å². The van der Waals surface area contributed by atoms with Gasteiger partial charge in [0.25, 0.3) is 0 Å². The van der Waals surface area contributed by atoms with E-state index in [9.17, 15) is 5.11 Å². The summed E-state index contributed by atoms with van der Waals surface area (Å²) in [6.45, 7) is 8.81. The molecule has 1 aliphatic rings. The maximum atomic E-state index is 9.71.